The second kappa shape index (κ2) is 5.94. The Labute approximate surface area is 142 Å². The van der Waals surface area contributed by atoms with Crippen molar-refractivity contribution in [1.29, 1.82) is 0 Å². The molecule has 126 valence electrons. The van der Waals surface area contributed by atoms with Crippen molar-refractivity contribution in [2.45, 2.75) is 31.7 Å². The van der Waals surface area contributed by atoms with Crippen molar-refractivity contribution in [2.24, 2.45) is 0 Å². The van der Waals surface area contributed by atoms with Gasteiger partial charge < -0.3 is 4.90 Å². The summed E-state index contributed by atoms with van der Waals surface area (Å²) in [6.45, 7) is 5.49. The molecule has 0 saturated carbocycles. The zero-order valence-corrected chi connectivity index (χ0v) is 14.7. The summed E-state index contributed by atoms with van der Waals surface area (Å²) in [6, 6.07) is 13.8. The lowest BCUT2D eigenvalue weighted by Gasteiger charge is -2.38. The third-order valence-electron chi connectivity index (χ3n) is 4.05. The topological polar surface area (TPSA) is 57.7 Å². The molecule has 1 aliphatic rings. The predicted molar refractivity (Wildman–Crippen MR) is 94.8 cm³/mol. The number of rotatable bonds is 3. The number of carbonyl (C=O) groups is 1. The zero-order chi connectivity index (χ0) is 17.5. The molecule has 2 aromatic rings. The molecule has 24 heavy (non-hydrogen) atoms. The van der Waals surface area contributed by atoms with Crippen LogP contribution < -0.4 is 9.21 Å². The molecule has 0 radical (unpaired) electrons. The normalized spacial score (nSPS) is 14.9. The monoisotopic (exact) mass is 344 g/mol. The first-order chi connectivity index (χ1) is 11.3. The molecule has 1 amide bonds. The van der Waals surface area contributed by atoms with Crippen LogP contribution in [0.5, 0.6) is 0 Å². The fourth-order valence-electron chi connectivity index (χ4n) is 2.98. The van der Waals surface area contributed by atoms with Gasteiger partial charge in [-0.2, -0.15) is 0 Å². The van der Waals surface area contributed by atoms with Crippen molar-refractivity contribution in [1.82, 2.24) is 0 Å². The molecule has 5 nitrogen and oxygen atoms in total. The SMILES string of the molecule is Cc1cccc(S(=O)(=O)N2CC(=O)N(C(C)C)c3ccccc32)c1. The van der Waals surface area contributed by atoms with Crippen LogP contribution in [0.1, 0.15) is 19.4 Å². The molecule has 0 aromatic heterocycles. The van der Waals surface area contributed by atoms with Crippen molar-refractivity contribution >= 4 is 27.3 Å². The van der Waals surface area contributed by atoms with E-state index in [1.165, 1.54) is 4.31 Å². The highest BCUT2D eigenvalue weighted by Crippen LogP contribution is 2.37. The maximum Gasteiger partial charge on any atom is 0.264 e. The van der Waals surface area contributed by atoms with Crippen LogP contribution in [0.3, 0.4) is 0 Å². The van der Waals surface area contributed by atoms with E-state index < -0.39 is 10.0 Å². The summed E-state index contributed by atoms with van der Waals surface area (Å²) in [7, 11) is -3.79. The summed E-state index contributed by atoms with van der Waals surface area (Å²) in [4.78, 5) is 14.4. The van der Waals surface area contributed by atoms with Crippen LogP contribution in [0.4, 0.5) is 11.4 Å². The van der Waals surface area contributed by atoms with Gasteiger partial charge in [0.05, 0.1) is 16.3 Å². The molecular weight excluding hydrogens is 324 g/mol. The highest BCUT2D eigenvalue weighted by molar-refractivity contribution is 7.92. The lowest BCUT2D eigenvalue weighted by atomic mass is 10.1. The van der Waals surface area contributed by atoms with Crippen LogP contribution in [0, 0.1) is 6.92 Å². The van der Waals surface area contributed by atoms with Gasteiger partial charge in [-0.1, -0.05) is 24.3 Å². The van der Waals surface area contributed by atoms with Crippen LogP contribution >= 0.6 is 0 Å². The Balaban J connectivity index is 2.15. The van der Waals surface area contributed by atoms with Crippen LogP contribution in [0.2, 0.25) is 0 Å². The minimum Gasteiger partial charge on any atom is -0.306 e. The molecule has 0 atom stereocenters. The summed E-state index contributed by atoms with van der Waals surface area (Å²) in [5.41, 5.74) is 2.02. The highest BCUT2D eigenvalue weighted by atomic mass is 32.2. The Kier molecular flexibility index (Phi) is 4.09. The Bertz CT molecular complexity index is 891. The quantitative estimate of drug-likeness (QED) is 0.860. The maximum absolute atomic E-state index is 13.1. The Hall–Kier alpha value is -2.34. The number of hydrogen-bond acceptors (Lipinski definition) is 3. The van der Waals surface area contributed by atoms with Gasteiger partial charge in [-0.25, -0.2) is 8.42 Å². The fraction of sp³-hybridized carbons (Fsp3) is 0.278. The first-order valence-electron chi connectivity index (χ1n) is 7.83. The number of nitrogens with zero attached hydrogens (tertiary/aromatic N) is 2. The molecule has 0 aliphatic carbocycles. The van der Waals surface area contributed by atoms with Gasteiger partial charge in [0.15, 0.2) is 0 Å². The Morgan fingerprint density at radius 2 is 1.67 bits per heavy atom. The Morgan fingerprint density at radius 3 is 2.29 bits per heavy atom. The molecule has 6 heteroatoms. The van der Waals surface area contributed by atoms with Gasteiger partial charge in [0, 0.05) is 6.04 Å². The van der Waals surface area contributed by atoms with E-state index in [0.29, 0.717) is 11.4 Å². The average Bonchev–Trinajstić information content (AvgIpc) is 2.53. The van der Waals surface area contributed by atoms with Gasteiger partial charge in [0.25, 0.3) is 10.0 Å². The molecule has 2 aromatic carbocycles. The molecule has 0 fully saturated rings. The van der Waals surface area contributed by atoms with Crippen LogP contribution in [-0.4, -0.2) is 26.9 Å². The lowest BCUT2D eigenvalue weighted by molar-refractivity contribution is -0.117. The molecule has 0 spiro atoms. The summed E-state index contributed by atoms with van der Waals surface area (Å²) in [5.74, 6) is -0.222. The van der Waals surface area contributed by atoms with Crippen molar-refractivity contribution < 1.29 is 13.2 Å². The summed E-state index contributed by atoms with van der Waals surface area (Å²) in [6.07, 6.45) is 0. The van der Waals surface area contributed by atoms with Crippen molar-refractivity contribution in [2.75, 3.05) is 15.7 Å². The largest absolute Gasteiger partial charge is 0.306 e. The van der Waals surface area contributed by atoms with Crippen LogP contribution in [0.25, 0.3) is 0 Å². The van der Waals surface area contributed by atoms with E-state index in [1.54, 1.807) is 41.3 Å². The van der Waals surface area contributed by atoms with Gasteiger partial charge in [0.2, 0.25) is 5.91 Å². The first kappa shape index (κ1) is 16.5. The summed E-state index contributed by atoms with van der Waals surface area (Å²) >= 11 is 0. The third-order valence-corrected chi connectivity index (χ3v) is 5.81. The molecule has 1 aliphatic heterocycles. The zero-order valence-electron chi connectivity index (χ0n) is 13.9. The summed E-state index contributed by atoms with van der Waals surface area (Å²) < 4.78 is 27.4. The van der Waals surface area contributed by atoms with Crippen LogP contribution in [-0.2, 0) is 14.8 Å². The van der Waals surface area contributed by atoms with Gasteiger partial charge in [0.1, 0.15) is 6.54 Å². The number of para-hydroxylation sites is 2. The molecule has 3 rings (SSSR count). The molecule has 0 N–H and O–H groups in total. The number of aryl methyl sites for hydroxylation is 1. The number of anilines is 2. The van der Waals surface area contributed by atoms with E-state index in [1.807, 2.05) is 32.9 Å². The molecule has 0 bridgehead atoms. The minimum absolute atomic E-state index is 0.0394. The van der Waals surface area contributed by atoms with Gasteiger partial charge in [-0.15, -0.1) is 0 Å². The lowest BCUT2D eigenvalue weighted by Crippen LogP contribution is -2.50. The number of sulfonamides is 1. The highest BCUT2D eigenvalue weighted by Gasteiger charge is 2.37. The van der Waals surface area contributed by atoms with Gasteiger partial charge in [-0.3, -0.25) is 9.10 Å². The Morgan fingerprint density at radius 1 is 1.00 bits per heavy atom. The maximum atomic E-state index is 13.1. The van der Waals surface area contributed by atoms with Crippen molar-refractivity contribution in [3.8, 4) is 0 Å². The molecule has 0 saturated heterocycles. The van der Waals surface area contributed by atoms with E-state index in [0.717, 1.165) is 5.56 Å². The third kappa shape index (κ3) is 2.67. The van der Waals surface area contributed by atoms with E-state index in [4.69, 9.17) is 0 Å². The second-order valence-electron chi connectivity index (χ2n) is 6.17. The second-order valence-corrected chi connectivity index (χ2v) is 8.04. The van der Waals surface area contributed by atoms with Gasteiger partial charge >= 0.3 is 0 Å². The number of amides is 1. The number of carbonyl (C=O) groups excluding carboxylic acids is 1. The van der Waals surface area contributed by atoms with E-state index >= 15 is 0 Å². The predicted octanol–water partition coefficient (Wildman–Crippen LogP) is 2.95. The van der Waals surface area contributed by atoms with Crippen molar-refractivity contribution in [3.05, 3.63) is 54.1 Å². The smallest absolute Gasteiger partial charge is 0.264 e. The number of fused-ring (bicyclic) bond motifs is 1. The van der Waals surface area contributed by atoms with E-state index in [-0.39, 0.29) is 23.4 Å². The fourth-order valence-corrected chi connectivity index (χ4v) is 4.51. The molecule has 0 unspecified atom stereocenters. The summed E-state index contributed by atoms with van der Waals surface area (Å²) in [5, 5.41) is 0. The molecular formula is C18H20N2O3S. The number of hydrogen-bond donors (Lipinski definition) is 0. The molecule has 1 heterocycles. The van der Waals surface area contributed by atoms with Gasteiger partial charge in [-0.05, 0) is 50.6 Å². The van der Waals surface area contributed by atoms with E-state index in [2.05, 4.69) is 0 Å². The standard InChI is InChI=1S/C18H20N2O3S/c1-13(2)20-17-10-5-4-9-16(17)19(12-18(20)21)24(22,23)15-8-6-7-14(3)11-15/h4-11,13H,12H2,1-3H3. The van der Waals surface area contributed by atoms with E-state index in [9.17, 15) is 13.2 Å². The van der Waals surface area contributed by atoms with Crippen LogP contribution in [0.15, 0.2) is 53.4 Å². The minimum atomic E-state index is -3.79. The first-order valence-corrected chi connectivity index (χ1v) is 9.27. The number of benzene rings is 2. The van der Waals surface area contributed by atoms with Crippen molar-refractivity contribution in [3.63, 3.8) is 0 Å². The average molecular weight is 344 g/mol.